The Bertz CT molecular complexity index is 1050. The fourth-order valence-corrected chi connectivity index (χ4v) is 3.37. The third-order valence-electron chi connectivity index (χ3n) is 4.79. The maximum Gasteiger partial charge on any atom is 0.270 e. The third-order valence-corrected chi connectivity index (χ3v) is 4.79. The summed E-state index contributed by atoms with van der Waals surface area (Å²) in [5.41, 5.74) is 7.69. The average Bonchev–Trinajstić information content (AvgIpc) is 3.25. The monoisotopic (exact) mass is 372 g/mol. The number of hydrogen-bond donors (Lipinski definition) is 2. The number of aromatic nitrogens is 2. The predicted molar refractivity (Wildman–Crippen MR) is 107 cm³/mol. The fourth-order valence-electron chi connectivity index (χ4n) is 3.37. The van der Waals surface area contributed by atoms with Crippen LogP contribution in [0.3, 0.4) is 0 Å². The zero-order chi connectivity index (χ0) is 19.3. The van der Waals surface area contributed by atoms with E-state index in [1.165, 1.54) is 0 Å². The van der Waals surface area contributed by atoms with E-state index in [9.17, 15) is 9.59 Å². The maximum absolute atomic E-state index is 12.8. The highest BCUT2D eigenvalue weighted by Gasteiger charge is 2.17. The number of amides is 2. The summed E-state index contributed by atoms with van der Waals surface area (Å²) in [6, 6.07) is 12.9. The van der Waals surface area contributed by atoms with Crippen molar-refractivity contribution in [2.45, 2.75) is 19.3 Å². The molecule has 28 heavy (non-hydrogen) atoms. The van der Waals surface area contributed by atoms with Crippen LogP contribution in [0.5, 0.6) is 0 Å². The van der Waals surface area contributed by atoms with Crippen molar-refractivity contribution in [2.75, 3.05) is 0 Å². The van der Waals surface area contributed by atoms with Crippen LogP contribution in [-0.4, -0.2) is 21.8 Å². The summed E-state index contributed by atoms with van der Waals surface area (Å²) < 4.78 is 0. The second-order valence-electron chi connectivity index (χ2n) is 6.79. The number of pyridine rings is 2. The molecule has 0 radical (unpaired) electrons. The molecule has 140 valence electrons. The van der Waals surface area contributed by atoms with E-state index in [4.69, 9.17) is 0 Å². The number of rotatable bonds is 4. The van der Waals surface area contributed by atoms with E-state index in [1.54, 1.807) is 18.5 Å². The van der Waals surface area contributed by atoms with Crippen molar-refractivity contribution in [1.29, 1.82) is 0 Å². The molecule has 1 atom stereocenters. The van der Waals surface area contributed by atoms with Gasteiger partial charge in [-0.3, -0.25) is 25.4 Å². The Morgan fingerprint density at radius 2 is 2.00 bits per heavy atom. The van der Waals surface area contributed by atoms with Crippen LogP contribution in [0.15, 0.2) is 67.0 Å². The standard InChI is InChI=1S/C22H20N4O2/c27-21(12-15-6-1-2-7-15)25-26-22(28)18-13-20(16-8-5-11-23-14-16)24-19-10-4-3-9-17(18)19/h1,3-6,8-11,13-15H,2,7,12H2,(H,25,27)(H,26,28). The van der Waals surface area contributed by atoms with Crippen LogP contribution in [0.4, 0.5) is 0 Å². The zero-order valence-electron chi connectivity index (χ0n) is 15.3. The molecule has 1 aliphatic carbocycles. The number of hydrazine groups is 1. The molecule has 1 aliphatic rings. The SMILES string of the molecule is O=C(CC1C=CCC1)NNC(=O)c1cc(-c2cccnc2)nc2ccccc12. The van der Waals surface area contributed by atoms with Crippen LogP contribution in [0.25, 0.3) is 22.2 Å². The van der Waals surface area contributed by atoms with Crippen LogP contribution in [0, 0.1) is 5.92 Å². The minimum absolute atomic E-state index is 0.198. The molecule has 0 saturated carbocycles. The van der Waals surface area contributed by atoms with Crippen LogP contribution >= 0.6 is 0 Å². The molecule has 2 N–H and O–H groups in total. The lowest BCUT2D eigenvalue weighted by atomic mass is 10.0. The topological polar surface area (TPSA) is 84.0 Å². The fraction of sp³-hybridized carbons (Fsp3) is 0.182. The molecule has 3 aromatic rings. The van der Waals surface area contributed by atoms with Gasteiger partial charge in [-0.25, -0.2) is 4.98 Å². The summed E-state index contributed by atoms with van der Waals surface area (Å²) in [6.45, 7) is 0. The second-order valence-corrected chi connectivity index (χ2v) is 6.79. The average molecular weight is 372 g/mol. The molecule has 0 aliphatic heterocycles. The van der Waals surface area contributed by atoms with Crippen molar-refractivity contribution >= 4 is 22.7 Å². The molecule has 2 amide bonds. The summed E-state index contributed by atoms with van der Waals surface area (Å²) in [5, 5.41) is 0.723. The maximum atomic E-state index is 12.8. The Labute approximate surface area is 162 Å². The molecular formula is C22H20N4O2. The molecule has 6 nitrogen and oxygen atoms in total. The Balaban J connectivity index is 1.57. The second kappa shape index (κ2) is 8.00. The molecule has 0 fully saturated rings. The van der Waals surface area contributed by atoms with Gasteiger partial charge in [0.05, 0.1) is 16.8 Å². The summed E-state index contributed by atoms with van der Waals surface area (Å²) in [6.07, 6.45) is 9.88. The first-order valence-corrected chi connectivity index (χ1v) is 9.27. The van der Waals surface area contributed by atoms with Gasteiger partial charge in [-0.15, -0.1) is 0 Å². The number of fused-ring (bicyclic) bond motifs is 1. The highest BCUT2D eigenvalue weighted by Crippen LogP contribution is 2.24. The molecule has 0 saturated heterocycles. The summed E-state index contributed by atoms with van der Waals surface area (Å²) in [4.78, 5) is 33.7. The van der Waals surface area contributed by atoms with Gasteiger partial charge in [-0.2, -0.15) is 0 Å². The lowest BCUT2D eigenvalue weighted by molar-refractivity contribution is -0.122. The van der Waals surface area contributed by atoms with Crippen LogP contribution < -0.4 is 10.9 Å². The molecule has 2 heterocycles. The number of benzene rings is 1. The first-order chi connectivity index (χ1) is 13.7. The van der Waals surface area contributed by atoms with E-state index in [2.05, 4.69) is 33.0 Å². The number of allylic oxidation sites excluding steroid dienone is 2. The van der Waals surface area contributed by atoms with Gasteiger partial charge < -0.3 is 0 Å². The van der Waals surface area contributed by atoms with Crippen molar-refractivity contribution < 1.29 is 9.59 Å². The highest BCUT2D eigenvalue weighted by atomic mass is 16.2. The number of hydrogen-bond acceptors (Lipinski definition) is 4. The van der Waals surface area contributed by atoms with Crippen LogP contribution in [0.1, 0.15) is 29.6 Å². The number of nitrogens with zero attached hydrogens (tertiary/aromatic N) is 2. The van der Waals surface area contributed by atoms with Gasteiger partial charge >= 0.3 is 0 Å². The number of para-hydroxylation sites is 1. The third kappa shape index (κ3) is 3.91. The van der Waals surface area contributed by atoms with Crippen molar-refractivity contribution in [3.63, 3.8) is 0 Å². The van der Waals surface area contributed by atoms with Crippen molar-refractivity contribution in [3.05, 3.63) is 72.6 Å². The Kier molecular flexibility index (Phi) is 5.10. The highest BCUT2D eigenvalue weighted by molar-refractivity contribution is 6.07. The lowest BCUT2D eigenvalue weighted by Gasteiger charge is -2.12. The van der Waals surface area contributed by atoms with E-state index in [1.807, 2.05) is 36.4 Å². The smallest absolute Gasteiger partial charge is 0.270 e. The first-order valence-electron chi connectivity index (χ1n) is 9.27. The van der Waals surface area contributed by atoms with Gasteiger partial charge in [0.25, 0.3) is 5.91 Å². The molecule has 0 spiro atoms. The molecule has 1 aromatic carbocycles. The molecule has 4 rings (SSSR count). The van der Waals surface area contributed by atoms with Gasteiger partial charge in [-0.1, -0.05) is 30.4 Å². The minimum atomic E-state index is -0.376. The predicted octanol–water partition coefficient (Wildman–Crippen LogP) is 3.41. The van der Waals surface area contributed by atoms with Crippen LogP contribution in [-0.2, 0) is 4.79 Å². The summed E-state index contributed by atoms with van der Waals surface area (Å²) in [7, 11) is 0. The van der Waals surface area contributed by atoms with Crippen LogP contribution in [0.2, 0.25) is 0 Å². The zero-order valence-corrected chi connectivity index (χ0v) is 15.3. The minimum Gasteiger partial charge on any atom is -0.273 e. The Morgan fingerprint density at radius 3 is 2.79 bits per heavy atom. The van der Waals surface area contributed by atoms with E-state index in [-0.39, 0.29) is 17.7 Å². The molecule has 6 heteroatoms. The normalized spacial score (nSPS) is 15.5. The quantitative estimate of drug-likeness (QED) is 0.543. The van der Waals surface area contributed by atoms with E-state index in [0.717, 1.165) is 23.8 Å². The first kappa shape index (κ1) is 17.9. The number of carbonyl (C=O) groups is 2. The van der Waals surface area contributed by atoms with Crippen molar-refractivity contribution in [1.82, 2.24) is 20.8 Å². The van der Waals surface area contributed by atoms with E-state index in [0.29, 0.717) is 23.2 Å². The van der Waals surface area contributed by atoms with E-state index < -0.39 is 0 Å². The van der Waals surface area contributed by atoms with Crippen molar-refractivity contribution in [3.8, 4) is 11.3 Å². The largest absolute Gasteiger partial charge is 0.273 e. The van der Waals surface area contributed by atoms with Gasteiger partial charge in [0.2, 0.25) is 5.91 Å². The van der Waals surface area contributed by atoms with Gasteiger partial charge in [0.15, 0.2) is 0 Å². The van der Waals surface area contributed by atoms with Gasteiger partial charge in [-0.05, 0) is 43.0 Å². The Hall–Kier alpha value is -3.54. The summed E-state index contributed by atoms with van der Waals surface area (Å²) >= 11 is 0. The van der Waals surface area contributed by atoms with Gasteiger partial charge in [0, 0.05) is 29.8 Å². The molecule has 0 bridgehead atoms. The van der Waals surface area contributed by atoms with E-state index >= 15 is 0 Å². The molecule has 1 unspecified atom stereocenters. The lowest BCUT2D eigenvalue weighted by Crippen LogP contribution is -2.42. The van der Waals surface area contributed by atoms with Gasteiger partial charge in [0.1, 0.15) is 0 Å². The Morgan fingerprint density at radius 1 is 1.11 bits per heavy atom. The van der Waals surface area contributed by atoms with Crippen molar-refractivity contribution in [2.24, 2.45) is 5.92 Å². The molecular weight excluding hydrogens is 352 g/mol. The number of nitrogens with one attached hydrogen (secondary N) is 2. The summed E-state index contributed by atoms with van der Waals surface area (Å²) in [5.74, 6) is -0.328. The number of carbonyl (C=O) groups excluding carboxylic acids is 2. The molecule has 2 aromatic heterocycles.